The van der Waals surface area contributed by atoms with Gasteiger partial charge in [-0.3, -0.25) is 4.79 Å². The van der Waals surface area contributed by atoms with Crippen LogP contribution in [-0.2, 0) is 18.4 Å². The third kappa shape index (κ3) is 2.71. The number of ether oxygens (including phenoxy) is 1. The first-order valence-corrected chi connectivity index (χ1v) is 10.0. The molecule has 0 saturated heterocycles. The molecular formula is C20H20N8O2. The monoisotopic (exact) mass is 404 g/mol. The third-order valence-corrected chi connectivity index (χ3v) is 5.87. The number of aromatic nitrogens is 6. The van der Waals surface area contributed by atoms with Gasteiger partial charge in [0.25, 0.3) is 5.91 Å². The van der Waals surface area contributed by atoms with Gasteiger partial charge in [0.05, 0.1) is 36.2 Å². The normalized spacial score (nSPS) is 21.4. The Hall–Kier alpha value is -3.53. The van der Waals surface area contributed by atoms with E-state index in [4.69, 9.17) is 4.74 Å². The predicted octanol–water partition coefficient (Wildman–Crippen LogP) is 1.94. The minimum Gasteiger partial charge on any atom is -0.371 e. The fraction of sp³-hybridized carbons (Fsp3) is 0.350. The van der Waals surface area contributed by atoms with Crippen LogP contribution in [0.1, 0.15) is 35.3 Å². The molecule has 4 heterocycles. The highest BCUT2D eigenvalue weighted by Crippen LogP contribution is 2.29. The number of fused-ring (bicyclic) bond motifs is 6. The zero-order chi connectivity index (χ0) is 20.2. The van der Waals surface area contributed by atoms with Crippen molar-refractivity contribution >= 4 is 34.1 Å². The number of anilines is 2. The Bertz CT molecular complexity index is 1290. The summed E-state index contributed by atoms with van der Waals surface area (Å²) in [6, 6.07) is 7.69. The number of hydrogen-bond donors (Lipinski definition) is 2. The maximum Gasteiger partial charge on any atom is 0.271 e. The molecule has 2 aliphatic rings. The molecule has 1 saturated carbocycles. The van der Waals surface area contributed by atoms with Crippen LogP contribution >= 0.6 is 0 Å². The molecule has 4 aromatic rings. The van der Waals surface area contributed by atoms with Gasteiger partial charge in [0.15, 0.2) is 17.2 Å². The minimum atomic E-state index is -0.195. The fourth-order valence-corrected chi connectivity index (χ4v) is 4.34. The molecule has 30 heavy (non-hydrogen) atoms. The molecular weight excluding hydrogens is 384 g/mol. The number of nitrogens with zero attached hydrogens (tertiary/aromatic N) is 6. The van der Waals surface area contributed by atoms with Crippen molar-refractivity contribution in [3.63, 3.8) is 0 Å². The molecule has 10 nitrogen and oxygen atoms in total. The van der Waals surface area contributed by atoms with Crippen LogP contribution in [0, 0.1) is 0 Å². The summed E-state index contributed by atoms with van der Waals surface area (Å²) in [7, 11) is 1.87. The van der Waals surface area contributed by atoms with E-state index in [1.807, 2.05) is 31.3 Å². The van der Waals surface area contributed by atoms with Gasteiger partial charge < -0.3 is 15.4 Å². The summed E-state index contributed by atoms with van der Waals surface area (Å²) in [6.45, 7) is 0.442. The van der Waals surface area contributed by atoms with Crippen molar-refractivity contribution in [3.8, 4) is 0 Å². The number of hydrogen-bond acceptors (Lipinski definition) is 7. The molecule has 1 aromatic carbocycles. The van der Waals surface area contributed by atoms with E-state index in [1.165, 1.54) is 0 Å². The number of carbonyl (C=O) groups excluding carboxylic acids is 1. The third-order valence-electron chi connectivity index (χ3n) is 5.87. The maximum atomic E-state index is 12.9. The predicted molar refractivity (Wildman–Crippen MR) is 108 cm³/mol. The van der Waals surface area contributed by atoms with Gasteiger partial charge in [-0.1, -0.05) is 5.21 Å². The number of imidazole rings is 1. The highest BCUT2D eigenvalue weighted by molar-refractivity contribution is 5.93. The molecule has 3 aromatic heterocycles. The Morgan fingerprint density at radius 3 is 3.10 bits per heavy atom. The van der Waals surface area contributed by atoms with Crippen LogP contribution in [0.15, 0.2) is 30.5 Å². The lowest BCUT2D eigenvalue weighted by molar-refractivity contribution is 0.0271. The number of rotatable bonds is 0. The SMILES string of the molecule is Cn1nnc2c3cc(cc21)CO[C@@H]1CCC[C@H]1NC(=O)c1cnc2ccc(nn12)N3. The second kappa shape index (κ2) is 6.49. The van der Waals surface area contributed by atoms with Crippen molar-refractivity contribution in [1.29, 1.82) is 0 Å². The molecule has 6 rings (SSSR count). The van der Waals surface area contributed by atoms with E-state index in [9.17, 15) is 4.79 Å². The lowest BCUT2D eigenvalue weighted by atomic mass is 10.1. The first-order chi connectivity index (χ1) is 14.7. The first-order valence-electron chi connectivity index (χ1n) is 10.0. The van der Waals surface area contributed by atoms with Gasteiger partial charge in [0.2, 0.25) is 0 Å². The molecule has 1 fully saturated rings. The largest absolute Gasteiger partial charge is 0.371 e. The summed E-state index contributed by atoms with van der Waals surface area (Å²) in [5, 5.41) is 19.5. The van der Waals surface area contributed by atoms with E-state index in [0.717, 1.165) is 41.5 Å². The zero-order valence-corrected chi connectivity index (χ0v) is 16.4. The number of carbonyl (C=O) groups is 1. The van der Waals surface area contributed by atoms with Crippen LogP contribution in [0.3, 0.4) is 0 Å². The van der Waals surface area contributed by atoms with E-state index in [2.05, 4.69) is 31.0 Å². The van der Waals surface area contributed by atoms with Crippen molar-refractivity contribution in [2.24, 2.45) is 7.05 Å². The molecule has 10 heteroatoms. The molecule has 152 valence electrons. The molecule has 1 aliphatic heterocycles. The fourth-order valence-electron chi connectivity index (χ4n) is 4.34. The second-order valence-electron chi connectivity index (χ2n) is 7.84. The van der Waals surface area contributed by atoms with Gasteiger partial charge in [0.1, 0.15) is 5.52 Å². The van der Waals surface area contributed by atoms with Crippen molar-refractivity contribution in [3.05, 3.63) is 41.7 Å². The van der Waals surface area contributed by atoms with Gasteiger partial charge in [-0.25, -0.2) is 14.2 Å². The topological polar surface area (TPSA) is 111 Å². The van der Waals surface area contributed by atoms with Crippen molar-refractivity contribution in [2.45, 2.75) is 38.0 Å². The van der Waals surface area contributed by atoms with Crippen molar-refractivity contribution in [2.75, 3.05) is 5.32 Å². The van der Waals surface area contributed by atoms with Crippen LogP contribution in [0.5, 0.6) is 0 Å². The van der Waals surface area contributed by atoms with Crippen molar-refractivity contribution in [1.82, 2.24) is 34.9 Å². The molecule has 4 bridgehead atoms. The zero-order valence-electron chi connectivity index (χ0n) is 16.4. The van der Waals surface area contributed by atoms with Crippen LogP contribution < -0.4 is 10.6 Å². The van der Waals surface area contributed by atoms with Gasteiger partial charge >= 0.3 is 0 Å². The molecule has 0 radical (unpaired) electrons. The summed E-state index contributed by atoms with van der Waals surface area (Å²) in [6.07, 6.45) is 4.35. The smallest absolute Gasteiger partial charge is 0.271 e. The highest BCUT2D eigenvalue weighted by atomic mass is 16.5. The van der Waals surface area contributed by atoms with E-state index in [0.29, 0.717) is 23.8 Å². The maximum absolute atomic E-state index is 12.9. The average Bonchev–Trinajstić information content (AvgIpc) is 3.45. The second-order valence-corrected chi connectivity index (χ2v) is 7.84. The number of aryl methyl sites for hydroxylation is 1. The lowest BCUT2D eigenvalue weighted by Crippen LogP contribution is -2.41. The van der Waals surface area contributed by atoms with Gasteiger partial charge in [-0.05, 0) is 49.1 Å². The van der Waals surface area contributed by atoms with Crippen LogP contribution in [-0.4, -0.2) is 47.6 Å². The lowest BCUT2D eigenvalue weighted by Gasteiger charge is -2.22. The molecule has 1 aliphatic carbocycles. The van der Waals surface area contributed by atoms with E-state index in [-0.39, 0.29) is 18.1 Å². The Kier molecular flexibility index (Phi) is 3.75. The highest BCUT2D eigenvalue weighted by Gasteiger charge is 2.31. The minimum absolute atomic E-state index is 0.0311. The summed E-state index contributed by atoms with van der Waals surface area (Å²) in [5.41, 5.74) is 4.46. The summed E-state index contributed by atoms with van der Waals surface area (Å²) in [4.78, 5) is 17.3. The Morgan fingerprint density at radius 1 is 1.23 bits per heavy atom. The molecule has 0 unspecified atom stereocenters. The number of amides is 1. The van der Waals surface area contributed by atoms with Crippen molar-refractivity contribution < 1.29 is 9.53 Å². The van der Waals surface area contributed by atoms with Gasteiger partial charge in [0, 0.05) is 7.05 Å². The molecule has 1 amide bonds. The quantitative estimate of drug-likeness (QED) is 0.461. The Labute approximate surface area is 171 Å². The Morgan fingerprint density at radius 2 is 2.17 bits per heavy atom. The molecule has 2 N–H and O–H groups in total. The summed E-state index contributed by atoms with van der Waals surface area (Å²) in [5.74, 6) is 0.384. The number of nitrogens with one attached hydrogen (secondary N) is 2. The first kappa shape index (κ1) is 17.3. The number of benzene rings is 1. The van der Waals surface area contributed by atoms with Gasteiger partial charge in [-0.15, -0.1) is 10.2 Å². The standard InChI is InChI=1S/C20H20N8O2/c1-27-14-8-11-7-13(19(14)24-26-27)22-17-5-6-18-21-9-15(28(18)25-17)20(29)23-12-3-2-4-16(12)30-10-11/h5-9,12,16H,2-4,10H2,1H3,(H,22,25)(H,23,29)/t12-,16-/m1/s1. The van der Waals surface area contributed by atoms with E-state index in [1.54, 1.807) is 15.4 Å². The van der Waals surface area contributed by atoms with E-state index >= 15 is 0 Å². The molecule has 2 atom stereocenters. The van der Waals surface area contributed by atoms with E-state index < -0.39 is 0 Å². The van der Waals surface area contributed by atoms with Crippen LogP contribution in [0.2, 0.25) is 0 Å². The molecule has 0 spiro atoms. The Balaban J connectivity index is 1.53. The summed E-state index contributed by atoms with van der Waals surface area (Å²) < 4.78 is 9.55. The average molecular weight is 404 g/mol. The van der Waals surface area contributed by atoms with Crippen LogP contribution in [0.25, 0.3) is 16.7 Å². The van der Waals surface area contributed by atoms with Crippen LogP contribution in [0.4, 0.5) is 11.5 Å². The van der Waals surface area contributed by atoms with Gasteiger partial charge in [-0.2, -0.15) is 0 Å². The summed E-state index contributed by atoms with van der Waals surface area (Å²) >= 11 is 0.